The van der Waals surface area contributed by atoms with Gasteiger partial charge in [-0.15, -0.1) is 0 Å². The van der Waals surface area contributed by atoms with Gasteiger partial charge in [-0.1, -0.05) is 75.6 Å². The zero-order valence-corrected chi connectivity index (χ0v) is 13.0. The van der Waals surface area contributed by atoms with Gasteiger partial charge in [-0.3, -0.25) is 0 Å². The molecule has 0 saturated heterocycles. The van der Waals surface area contributed by atoms with Crippen LogP contribution in [0.2, 0.25) is 0 Å². The highest BCUT2D eigenvalue weighted by atomic mass is 14.1. The molecule has 104 valence electrons. The highest BCUT2D eigenvalue weighted by Gasteiger charge is 2.06. The van der Waals surface area contributed by atoms with Crippen LogP contribution in [0.4, 0.5) is 0 Å². The van der Waals surface area contributed by atoms with Gasteiger partial charge in [-0.05, 0) is 47.2 Å². The fraction of sp³-hybridized carbons (Fsp3) is 0.200. The average molecular weight is 264 g/mol. The molecule has 0 aliphatic carbocycles. The van der Waals surface area contributed by atoms with Gasteiger partial charge in [0.15, 0.2) is 0 Å². The lowest BCUT2D eigenvalue weighted by atomic mass is 9.93. The van der Waals surface area contributed by atoms with Crippen molar-refractivity contribution in [2.45, 2.75) is 27.7 Å². The van der Waals surface area contributed by atoms with Crippen LogP contribution in [0.1, 0.15) is 36.1 Å². The average Bonchev–Trinajstić information content (AvgIpc) is 2.51. The van der Waals surface area contributed by atoms with E-state index in [1.807, 2.05) is 26.0 Å². The molecule has 0 fully saturated rings. The number of hydrogen-bond donors (Lipinski definition) is 0. The maximum Gasteiger partial charge on any atom is -0.0106 e. The molecule has 0 spiro atoms. The molecule has 0 N–H and O–H groups in total. The van der Waals surface area contributed by atoms with E-state index in [9.17, 15) is 0 Å². The molecule has 2 rings (SSSR count). The Labute approximate surface area is 123 Å². The molecule has 0 atom stereocenters. The van der Waals surface area contributed by atoms with Crippen molar-refractivity contribution in [2.24, 2.45) is 0 Å². The Kier molecular flexibility index (Phi) is 5.99. The largest absolute Gasteiger partial charge is 0.0984 e. The molecular weight excluding hydrogens is 240 g/mol. The van der Waals surface area contributed by atoms with Crippen LogP contribution in [0.5, 0.6) is 0 Å². The summed E-state index contributed by atoms with van der Waals surface area (Å²) in [5, 5.41) is 0. The molecule has 0 heteroatoms. The van der Waals surface area contributed by atoms with Crippen molar-refractivity contribution in [1.29, 1.82) is 0 Å². The summed E-state index contributed by atoms with van der Waals surface area (Å²) < 4.78 is 0. The minimum Gasteiger partial charge on any atom is -0.0984 e. The summed E-state index contributed by atoms with van der Waals surface area (Å²) in [5.74, 6) is 0. The standard InChI is InChI=1S/C18H18.C2H6/c1-5-15-8-7-9-18(17(15)6-2)16-11-10-13(3)14(4)12-16;1-2/h5-12H,1-2H2,3-4H3;1-2H3. The molecule has 0 unspecified atom stereocenters. The number of rotatable bonds is 3. The third-order valence-electron chi connectivity index (χ3n) is 3.38. The molecule has 0 bridgehead atoms. The van der Waals surface area contributed by atoms with Gasteiger partial charge in [0.2, 0.25) is 0 Å². The molecular formula is C20H24. The summed E-state index contributed by atoms with van der Waals surface area (Å²) in [7, 11) is 0. The Morgan fingerprint density at radius 2 is 1.55 bits per heavy atom. The lowest BCUT2D eigenvalue weighted by Gasteiger charge is -2.11. The van der Waals surface area contributed by atoms with E-state index in [1.165, 1.54) is 22.3 Å². The van der Waals surface area contributed by atoms with E-state index in [-0.39, 0.29) is 0 Å². The van der Waals surface area contributed by atoms with Gasteiger partial charge in [0.05, 0.1) is 0 Å². The molecule has 0 saturated carbocycles. The van der Waals surface area contributed by atoms with Crippen molar-refractivity contribution < 1.29 is 0 Å². The first-order valence-corrected chi connectivity index (χ1v) is 7.13. The van der Waals surface area contributed by atoms with Crippen LogP contribution in [0.15, 0.2) is 49.6 Å². The van der Waals surface area contributed by atoms with E-state index in [2.05, 4.69) is 63.4 Å². The van der Waals surface area contributed by atoms with Gasteiger partial charge in [0.25, 0.3) is 0 Å². The van der Waals surface area contributed by atoms with Crippen molar-refractivity contribution in [3.63, 3.8) is 0 Å². The van der Waals surface area contributed by atoms with Crippen LogP contribution < -0.4 is 0 Å². The van der Waals surface area contributed by atoms with E-state index < -0.39 is 0 Å². The Hall–Kier alpha value is -2.08. The van der Waals surface area contributed by atoms with E-state index in [0.717, 1.165) is 11.1 Å². The quantitative estimate of drug-likeness (QED) is 0.611. The maximum absolute atomic E-state index is 3.92. The summed E-state index contributed by atoms with van der Waals surface area (Å²) in [4.78, 5) is 0. The zero-order chi connectivity index (χ0) is 15.1. The molecule has 0 aliphatic rings. The molecule has 20 heavy (non-hydrogen) atoms. The molecule has 0 nitrogen and oxygen atoms in total. The van der Waals surface area contributed by atoms with Gasteiger partial charge >= 0.3 is 0 Å². The highest BCUT2D eigenvalue weighted by molar-refractivity contribution is 5.80. The van der Waals surface area contributed by atoms with Crippen LogP contribution in [0.3, 0.4) is 0 Å². The van der Waals surface area contributed by atoms with Gasteiger partial charge in [0.1, 0.15) is 0 Å². The van der Waals surface area contributed by atoms with Gasteiger partial charge in [-0.2, -0.15) is 0 Å². The van der Waals surface area contributed by atoms with E-state index in [4.69, 9.17) is 0 Å². The lowest BCUT2D eigenvalue weighted by molar-refractivity contribution is 1.34. The van der Waals surface area contributed by atoms with Crippen LogP contribution >= 0.6 is 0 Å². The number of benzene rings is 2. The first-order valence-electron chi connectivity index (χ1n) is 7.13. The molecule has 0 aliphatic heterocycles. The third-order valence-corrected chi connectivity index (χ3v) is 3.38. The molecule has 0 amide bonds. The molecule has 2 aromatic rings. The first kappa shape index (κ1) is 16.0. The predicted octanol–water partition coefficient (Wildman–Crippen LogP) is 6.28. The lowest BCUT2D eigenvalue weighted by Crippen LogP contribution is -1.89. The van der Waals surface area contributed by atoms with Gasteiger partial charge in [-0.25, -0.2) is 0 Å². The molecule has 2 aromatic carbocycles. The monoisotopic (exact) mass is 264 g/mol. The SMILES string of the molecule is C=Cc1cccc(-c2ccc(C)c(C)c2)c1C=C.CC. The van der Waals surface area contributed by atoms with Crippen molar-refractivity contribution in [1.82, 2.24) is 0 Å². The Bertz CT molecular complexity index is 603. The Morgan fingerprint density at radius 1 is 0.850 bits per heavy atom. The van der Waals surface area contributed by atoms with E-state index in [0.29, 0.717) is 0 Å². The van der Waals surface area contributed by atoms with Crippen molar-refractivity contribution in [3.8, 4) is 11.1 Å². The van der Waals surface area contributed by atoms with Crippen molar-refractivity contribution in [3.05, 3.63) is 71.8 Å². The van der Waals surface area contributed by atoms with E-state index >= 15 is 0 Å². The smallest absolute Gasteiger partial charge is 0.0106 e. The Morgan fingerprint density at radius 3 is 2.10 bits per heavy atom. The topological polar surface area (TPSA) is 0 Å². The van der Waals surface area contributed by atoms with Crippen LogP contribution in [-0.4, -0.2) is 0 Å². The van der Waals surface area contributed by atoms with E-state index in [1.54, 1.807) is 0 Å². The fourth-order valence-corrected chi connectivity index (χ4v) is 2.15. The maximum atomic E-state index is 3.92. The normalized spacial score (nSPS) is 9.40. The van der Waals surface area contributed by atoms with Gasteiger partial charge in [0, 0.05) is 0 Å². The molecule has 0 radical (unpaired) electrons. The zero-order valence-electron chi connectivity index (χ0n) is 13.0. The summed E-state index contributed by atoms with van der Waals surface area (Å²) in [5.41, 5.74) is 7.35. The third kappa shape index (κ3) is 3.27. The fourth-order valence-electron chi connectivity index (χ4n) is 2.15. The second kappa shape index (κ2) is 7.49. The predicted molar refractivity (Wildman–Crippen MR) is 92.9 cm³/mol. The summed E-state index contributed by atoms with van der Waals surface area (Å²) in [6, 6.07) is 12.8. The minimum absolute atomic E-state index is 1.13. The van der Waals surface area contributed by atoms with Gasteiger partial charge < -0.3 is 0 Å². The van der Waals surface area contributed by atoms with Crippen LogP contribution in [0.25, 0.3) is 23.3 Å². The van der Waals surface area contributed by atoms with Crippen molar-refractivity contribution >= 4 is 12.2 Å². The second-order valence-electron chi connectivity index (χ2n) is 4.52. The van der Waals surface area contributed by atoms with Crippen molar-refractivity contribution in [2.75, 3.05) is 0 Å². The summed E-state index contributed by atoms with van der Waals surface area (Å²) in [6.07, 6.45) is 3.78. The first-order chi connectivity index (χ1) is 9.67. The number of hydrogen-bond acceptors (Lipinski definition) is 0. The highest BCUT2D eigenvalue weighted by Crippen LogP contribution is 2.29. The summed E-state index contributed by atoms with van der Waals surface area (Å²) >= 11 is 0. The van der Waals surface area contributed by atoms with Crippen LogP contribution in [-0.2, 0) is 0 Å². The Balaban J connectivity index is 0.000000956. The molecule has 0 heterocycles. The van der Waals surface area contributed by atoms with Crippen LogP contribution in [0, 0.1) is 13.8 Å². The second-order valence-corrected chi connectivity index (χ2v) is 4.52. The minimum atomic E-state index is 1.13. The number of aryl methyl sites for hydroxylation is 2. The summed E-state index contributed by atoms with van der Waals surface area (Å²) in [6.45, 7) is 16.1. The molecule has 0 aromatic heterocycles.